The summed E-state index contributed by atoms with van der Waals surface area (Å²) in [6.45, 7) is 4.40. The van der Waals surface area contributed by atoms with E-state index >= 15 is 0 Å². The minimum Gasteiger partial charge on any atom is -0.756 e. The topological polar surface area (TPSA) is 94.1 Å². The molecule has 0 saturated carbocycles. The number of hydrogen-bond donors (Lipinski definition) is 0. The first-order chi connectivity index (χ1) is 16.6. The van der Waals surface area contributed by atoms with E-state index in [1.807, 2.05) is 21.1 Å². The van der Waals surface area contributed by atoms with Crippen molar-refractivity contribution in [3.8, 4) is 0 Å². The van der Waals surface area contributed by atoms with Crippen LogP contribution >= 0.6 is 7.82 Å². The van der Waals surface area contributed by atoms with Gasteiger partial charge in [0, 0.05) is 13.5 Å². The van der Waals surface area contributed by atoms with E-state index < -0.39 is 19.9 Å². The number of likely N-dealkylation sites (N-methyl/N-ethyl adjacent to an activating group) is 1. The summed E-state index contributed by atoms with van der Waals surface area (Å²) >= 11 is 0. The van der Waals surface area contributed by atoms with E-state index in [-0.39, 0.29) is 19.8 Å². The molecule has 8 nitrogen and oxygen atoms in total. The third-order valence-corrected chi connectivity index (χ3v) is 6.76. The average molecular weight is 524 g/mol. The highest BCUT2D eigenvalue weighted by molar-refractivity contribution is 7.45. The van der Waals surface area contributed by atoms with Gasteiger partial charge in [-0.3, -0.25) is 9.36 Å². The Morgan fingerprint density at radius 3 is 1.74 bits per heavy atom. The zero-order valence-corrected chi connectivity index (χ0v) is 24.2. The van der Waals surface area contributed by atoms with Crippen LogP contribution in [-0.4, -0.2) is 70.7 Å². The van der Waals surface area contributed by atoms with Gasteiger partial charge in [0.2, 0.25) is 0 Å². The molecule has 0 aromatic carbocycles. The lowest BCUT2D eigenvalue weighted by atomic mass is 10.0. The molecule has 0 spiro atoms. The Balaban J connectivity index is 3.87. The number of esters is 1. The second-order valence-electron chi connectivity index (χ2n) is 10.5. The number of quaternary nitrogens is 1. The lowest BCUT2D eigenvalue weighted by Gasteiger charge is -2.29. The lowest BCUT2D eigenvalue weighted by Crippen LogP contribution is -2.38. The van der Waals surface area contributed by atoms with E-state index in [4.69, 9.17) is 18.5 Å². The molecule has 0 aromatic heterocycles. The molecular formula is C26H54NO7P. The van der Waals surface area contributed by atoms with E-state index in [1.165, 1.54) is 84.0 Å². The summed E-state index contributed by atoms with van der Waals surface area (Å²) in [5.41, 5.74) is 0. The Kier molecular flexibility index (Phi) is 21.3. The maximum Gasteiger partial charge on any atom is 0.302 e. The zero-order chi connectivity index (χ0) is 26.4. The number of carbonyl (C=O) groups excluding carboxylic acids is 1. The molecule has 0 amide bonds. The maximum atomic E-state index is 12.1. The monoisotopic (exact) mass is 523 g/mol. The summed E-state index contributed by atoms with van der Waals surface area (Å²) in [5.74, 6) is -0.503. The van der Waals surface area contributed by atoms with Crippen LogP contribution in [0.5, 0.6) is 0 Å². The van der Waals surface area contributed by atoms with Crippen molar-refractivity contribution < 1.29 is 37.3 Å². The van der Waals surface area contributed by atoms with Crippen LogP contribution in [0, 0.1) is 0 Å². The molecule has 210 valence electrons. The summed E-state index contributed by atoms with van der Waals surface area (Å²) in [4.78, 5) is 23.2. The number of ether oxygens (including phenoxy) is 2. The largest absolute Gasteiger partial charge is 0.756 e. The standard InChI is InChI=1S/C26H54NO7P/c1-6-7-8-9-10-11-12-13-14-15-16-17-18-19-21-31-23-26(24-32-25(2)28)34-35(29,30)33-22-20-27(3,4)5/h26H,6-24H2,1-5H3/t26-/m1/s1. The fourth-order valence-electron chi connectivity index (χ4n) is 3.57. The van der Waals surface area contributed by atoms with Crippen molar-refractivity contribution >= 4 is 13.8 Å². The number of phosphoric ester groups is 1. The molecular weight excluding hydrogens is 469 g/mol. The van der Waals surface area contributed by atoms with Crippen molar-refractivity contribution in [2.75, 3.05) is 54.1 Å². The predicted octanol–water partition coefficient (Wildman–Crippen LogP) is 5.62. The van der Waals surface area contributed by atoms with Crippen molar-refractivity contribution in [3.05, 3.63) is 0 Å². The van der Waals surface area contributed by atoms with Gasteiger partial charge in [0.15, 0.2) is 0 Å². The van der Waals surface area contributed by atoms with Crippen LogP contribution in [-0.2, 0) is 27.9 Å². The Labute approximate surface area is 215 Å². The third kappa shape index (κ3) is 26.4. The second kappa shape index (κ2) is 21.6. The predicted molar refractivity (Wildman–Crippen MR) is 139 cm³/mol. The minimum atomic E-state index is -4.52. The number of nitrogens with zero attached hydrogens (tertiary/aromatic N) is 1. The van der Waals surface area contributed by atoms with Crippen molar-refractivity contribution in [2.24, 2.45) is 0 Å². The van der Waals surface area contributed by atoms with Crippen molar-refractivity contribution in [1.82, 2.24) is 0 Å². The molecule has 0 aliphatic rings. The molecule has 0 N–H and O–H groups in total. The highest BCUT2D eigenvalue weighted by atomic mass is 31.2. The van der Waals surface area contributed by atoms with Crippen molar-refractivity contribution in [2.45, 2.75) is 110 Å². The molecule has 0 aliphatic carbocycles. The summed E-state index contributed by atoms with van der Waals surface area (Å²) in [5, 5.41) is 0. The number of rotatable bonds is 25. The molecule has 0 rings (SSSR count). The first-order valence-electron chi connectivity index (χ1n) is 13.7. The highest BCUT2D eigenvalue weighted by Gasteiger charge is 2.21. The van der Waals surface area contributed by atoms with Gasteiger partial charge in [0.25, 0.3) is 7.82 Å². The van der Waals surface area contributed by atoms with Crippen LogP contribution in [0.15, 0.2) is 0 Å². The molecule has 0 saturated heterocycles. The van der Waals surface area contributed by atoms with Crippen LogP contribution < -0.4 is 4.89 Å². The average Bonchev–Trinajstić information content (AvgIpc) is 2.75. The van der Waals surface area contributed by atoms with Gasteiger partial charge in [-0.2, -0.15) is 0 Å². The molecule has 1 unspecified atom stereocenters. The van der Waals surface area contributed by atoms with E-state index in [2.05, 4.69) is 6.92 Å². The summed E-state index contributed by atoms with van der Waals surface area (Å²) in [7, 11) is 1.30. The molecule has 0 fully saturated rings. The Bertz CT molecular complexity index is 554. The van der Waals surface area contributed by atoms with Crippen LogP contribution in [0.3, 0.4) is 0 Å². The molecule has 0 heterocycles. The van der Waals surface area contributed by atoms with Gasteiger partial charge in [0.05, 0.1) is 27.7 Å². The molecule has 0 radical (unpaired) electrons. The molecule has 0 aliphatic heterocycles. The maximum absolute atomic E-state index is 12.1. The number of phosphoric acid groups is 1. The Hall–Kier alpha value is -0.500. The lowest BCUT2D eigenvalue weighted by molar-refractivity contribution is -0.870. The van der Waals surface area contributed by atoms with E-state index in [1.54, 1.807) is 0 Å². The Morgan fingerprint density at radius 2 is 1.29 bits per heavy atom. The molecule has 35 heavy (non-hydrogen) atoms. The van der Waals surface area contributed by atoms with E-state index in [0.717, 1.165) is 12.8 Å². The minimum absolute atomic E-state index is 0.0183. The van der Waals surface area contributed by atoms with Gasteiger partial charge >= 0.3 is 5.97 Å². The second-order valence-corrected chi connectivity index (χ2v) is 11.9. The summed E-state index contributed by atoms with van der Waals surface area (Å²) in [6.07, 6.45) is 17.1. The normalized spacial score (nSPS) is 14.6. The molecule has 2 atom stereocenters. The van der Waals surface area contributed by atoms with Gasteiger partial charge in [-0.05, 0) is 6.42 Å². The fraction of sp³-hybridized carbons (Fsp3) is 0.962. The molecule has 9 heteroatoms. The first-order valence-corrected chi connectivity index (χ1v) is 15.2. The SMILES string of the molecule is CCCCCCCCCCCCCCCCOC[C@H](COC(C)=O)OP(=O)([O-])OCC[N+](C)(C)C. The van der Waals surface area contributed by atoms with Crippen LogP contribution in [0.4, 0.5) is 0 Å². The highest BCUT2D eigenvalue weighted by Crippen LogP contribution is 2.39. The molecule has 0 bridgehead atoms. The summed E-state index contributed by atoms with van der Waals surface area (Å²) < 4.78 is 33.3. The van der Waals surface area contributed by atoms with Gasteiger partial charge in [-0.15, -0.1) is 0 Å². The van der Waals surface area contributed by atoms with Crippen molar-refractivity contribution in [1.29, 1.82) is 0 Å². The van der Waals surface area contributed by atoms with Gasteiger partial charge in [-0.25, -0.2) is 0 Å². The van der Waals surface area contributed by atoms with Crippen LogP contribution in [0.1, 0.15) is 104 Å². The Morgan fingerprint density at radius 1 is 0.800 bits per heavy atom. The fourth-order valence-corrected chi connectivity index (χ4v) is 4.43. The number of unbranched alkanes of at least 4 members (excludes halogenated alkanes) is 13. The van der Waals surface area contributed by atoms with Gasteiger partial charge in [0.1, 0.15) is 25.9 Å². The van der Waals surface area contributed by atoms with Gasteiger partial charge in [-0.1, -0.05) is 90.4 Å². The van der Waals surface area contributed by atoms with Gasteiger partial charge < -0.3 is 27.9 Å². The van der Waals surface area contributed by atoms with Crippen molar-refractivity contribution in [3.63, 3.8) is 0 Å². The zero-order valence-electron chi connectivity index (χ0n) is 23.3. The molecule has 0 aromatic rings. The number of carbonyl (C=O) groups is 1. The quantitative estimate of drug-likeness (QED) is 0.0663. The third-order valence-electron chi connectivity index (χ3n) is 5.71. The van der Waals surface area contributed by atoms with E-state index in [0.29, 0.717) is 17.6 Å². The first kappa shape index (κ1) is 34.5. The van der Waals surface area contributed by atoms with Crippen LogP contribution in [0.2, 0.25) is 0 Å². The summed E-state index contributed by atoms with van der Waals surface area (Å²) in [6, 6.07) is 0. The van der Waals surface area contributed by atoms with E-state index in [9.17, 15) is 14.3 Å². The van der Waals surface area contributed by atoms with Crippen LogP contribution in [0.25, 0.3) is 0 Å². The smallest absolute Gasteiger partial charge is 0.302 e. The number of hydrogen-bond acceptors (Lipinski definition) is 7.